The first-order valence-corrected chi connectivity index (χ1v) is 6.73. The second-order valence-electron chi connectivity index (χ2n) is 4.70. The average Bonchev–Trinajstić information content (AvgIpc) is 2.44. The van der Waals surface area contributed by atoms with Gasteiger partial charge in [0.1, 0.15) is 5.56 Å². The lowest BCUT2D eigenvalue weighted by atomic mass is 10.0. The van der Waals surface area contributed by atoms with Gasteiger partial charge in [0.2, 0.25) is 0 Å². The number of nitro groups is 1. The zero-order valence-corrected chi connectivity index (χ0v) is 12.2. The van der Waals surface area contributed by atoms with Crippen molar-refractivity contribution >= 4 is 11.7 Å². The summed E-state index contributed by atoms with van der Waals surface area (Å²) in [6.07, 6.45) is 1.84. The summed E-state index contributed by atoms with van der Waals surface area (Å²) in [5.74, 6) is -1.29. The van der Waals surface area contributed by atoms with Gasteiger partial charge in [-0.15, -0.1) is 0 Å². The molecular formula is C14H20N2O5. The SMILES string of the molecule is CCCC(COC)NCc1cccc([N+](=O)[O-])c1C(=O)O. The maximum atomic E-state index is 11.3. The topological polar surface area (TPSA) is 102 Å². The van der Waals surface area contributed by atoms with Gasteiger partial charge in [0.05, 0.1) is 11.5 Å². The monoisotopic (exact) mass is 296 g/mol. The quantitative estimate of drug-likeness (QED) is 0.535. The van der Waals surface area contributed by atoms with E-state index in [-0.39, 0.29) is 23.8 Å². The van der Waals surface area contributed by atoms with Crippen LogP contribution in [0, 0.1) is 10.1 Å². The highest BCUT2D eigenvalue weighted by molar-refractivity contribution is 5.94. The summed E-state index contributed by atoms with van der Waals surface area (Å²) in [7, 11) is 1.60. The number of methoxy groups -OCH3 is 1. The molecule has 1 rings (SSSR count). The Morgan fingerprint density at radius 1 is 1.52 bits per heavy atom. The minimum absolute atomic E-state index is 0.0842. The molecule has 0 aliphatic carbocycles. The van der Waals surface area contributed by atoms with Gasteiger partial charge in [-0.3, -0.25) is 10.1 Å². The Labute approximate surface area is 123 Å². The number of carboxylic acid groups (broad SMARTS) is 1. The molecule has 0 aliphatic heterocycles. The Kier molecular flexibility index (Phi) is 6.77. The fourth-order valence-electron chi connectivity index (χ4n) is 2.18. The van der Waals surface area contributed by atoms with Crippen molar-refractivity contribution in [2.75, 3.05) is 13.7 Å². The summed E-state index contributed by atoms with van der Waals surface area (Å²) in [5.41, 5.74) is -0.253. The van der Waals surface area contributed by atoms with E-state index in [1.54, 1.807) is 13.2 Å². The molecule has 2 N–H and O–H groups in total. The number of benzene rings is 1. The maximum Gasteiger partial charge on any atom is 0.343 e. The molecule has 0 aromatic heterocycles. The standard InChI is InChI=1S/C14H20N2O5/c1-3-5-11(9-21-2)15-8-10-6-4-7-12(16(19)20)13(10)14(17)18/h4,6-7,11,15H,3,5,8-9H2,1-2H3,(H,17,18). The normalized spacial score (nSPS) is 12.1. The molecule has 0 bridgehead atoms. The highest BCUT2D eigenvalue weighted by Gasteiger charge is 2.23. The first kappa shape index (κ1) is 17.1. The van der Waals surface area contributed by atoms with Gasteiger partial charge in [0, 0.05) is 25.8 Å². The van der Waals surface area contributed by atoms with E-state index in [4.69, 9.17) is 4.74 Å². The lowest BCUT2D eigenvalue weighted by Crippen LogP contribution is -2.33. The Hall–Kier alpha value is -1.99. The Morgan fingerprint density at radius 3 is 2.76 bits per heavy atom. The van der Waals surface area contributed by atoms with Crippen molar-refractivity contribution in [1.82, 2.24) is 5.32 Å². The zero-order chi connectivity index (χ0) is 15.8. The number of aromatic carboxylic acids is 1. The molecule has 21 heavy (non-hydrogen) atoms. The van der Waals surface area contributed by atoms with Crippen molar-refractivity contribution in [1.29, 1.82) is 0 Å². The fraction of sp³-hybridized carbons (Fsp3) is 0.500. The lowest BCUT2D eigenvalue weighted by molar-refractivity contribution is -0.385. The van der Waals surface area contributed by atoms with Gasteiger partial charge in [0.25, 0.3) is 5.69 Å². The predicted octanol–water partition coefficient (Wildman–Crippen LogP) is 2.20. The molecule has 1 atom stereocenters. The average molecular weight is 296 g/mol. The molecule has 0 heterocycles. The molecule has 0 saturated heterocycles. The number of carboxylic acids is 1. The van der Waals surface area contributed by atoms with Crippen LogP contribution in [-0.2, 0) is 11.3 Å². The van der Waals surface area contributed by atoms with Crippen LogP contribution in [-0.4, -0.2) is 35.8 Å². The number of hydrogen-bond acceptors (Lipinski definition) is 5. The Balaban J connectivity index is 2.94. The van der Waals surface area contributed by atoms with Crippen molar-refractivity contribution in [3.05, 3.63) is 39.4 Å². The highest BCUT2D eigenvalue weighted by atomic mass is 16.6. The summed E-state index contributed by atoms with van der Waals surface area (Å²) >= 11 is 0. The third kappa shape index (κ3) is 4.80. The van der Waals surface area contributed by atoms with Gasteiger partial charge in [-0.25, -0.2) is 4.79 Å². The maximum absolute atomic E-state index is 11.3. The zero-order valence-electron chi connectivity index (χ0n) is 12.2. The molecule has 1 aromatic rings. The minimum atomic E-state index is -1.29. The number of rotatable bonds is 9. The summed E-state index contributed by atoms with van der Waals surface area (Å²) in [4.78, 5) is 21.5. The molecule has 0 aliphatic rings. The van der Waals surface area contributed by atoms with E-state index in [2.05, 4.69) is 5.32 Å². The van der Waals surface area contributed by atoms with E-state index >= 15 is 0 Å². The molecule has 7 heteroatoms. The van der Waals surface area contributed by atoms with E-state index in [0.29, 0.717) is 12.2 Å². The highest BCUT2D eigenvalue weighted by Crippen LogP contribution is 2.22. The van der Waals surface area contributed by atoms with Crippen LogP contribution in [0.2, 0.25) is 0 Å². The number of ether oxygens (including phenoxy) is 1. The lowest BCUT2D eigenvalue weighted by Gasteiger charge is -2.17. The van der Waals surface area contributed by atoms with Crippen LogP contribution in [0.15, 0.2) is 18.2 Å². The largest absolute Gasteiger partial charge is 0.477 e. The fourth-order valence-corrected chi connectivity index (χ4v) is 2.18. The van der Waals surface area contributed by atoms with E-state index in [1.807, 2.05) is 6.92 Å². The smallest absolute Gasteiger partial charge is 0.343 e. The van der Waals surface area contributed by atoms with Crippen LogP contribution in [0.5, 0.6) is 0 Å². The van der Waals surface area contributed by atoms with E-state index in [9.17, 15) is 20.0 Å². The summed E-state index contributed by atoms with van der Waals surface area (Å²) in [6.45, 7) is 2.79. The van der Waals surface area contributed by atoms with E-state index in [1.165, 1.54) is 12.1 Å². The number of carbonyl (C=O) groups is 1. The molecule has 0 amide bonds. The van der Waals surface area contributed by atoms with Crippen LogP contribution < -0.4 is 5.32 Å². The summed E-state index contributed by atoms with van der Waals surface area (Å²) in [5, 5.41) is 23.3. The molecule has 0 fully saturated rings. The predicted molar refractivity (Wildman–Crippen MR) is 77.5 cm³/mol. The van der Waals surface area contributed by atoms with Gasteiger partial charge < -0.3 is 15.2 Å². The van der Waals surface area contributed by atoms with E-state index < -0.39 is 10.9 Å². The summed E-state index contributed by atoms with van der Waals surface area (Å²) < 4.78 is 5.10. The molecule has 116 valence electrons. The third-order valence-corrected chi connectivity index (χ3v) is 3.13. The van der Waals surface area contributed by atoms with Crippen LogP contribution in [0.3, 0.4) is 0 Å². The number of nitrogens with zero attached hydrogens (tertiary/aromatic N) is 1. The first-order valence-electron chi connectivity index (χ1n) is 6.73. The molecule has 0 saturated carbocycles. The van der Waals surface area contributed by atoms with Gasteiger partial charge in [0.15, 0.2) is 0 Å². The van der Waals surface area contributed by atoms with Crippen molar-refractivity contribution in [2.24, 2.45) is 0 Å². The minimum Gasteiger partial charge on any atom is -0.477 e. The molecule has 1 unspecified atom stereocenters. The number of nitrogens with one attached hydrogen (secondary N) is 1. The first-order chi connectivity index (χ1) is 10.0. The van der Waals surface area contributed by atoms with Crippen LogP contribution in [0.4, 0.5) is 5.69 Å². The second kappa shape index (κ2) is 8.33. The van der Waals surface area contributed by atoms with Crippen LogP contribution >= 0.6 is 0 Å². The molecule has 1 aromatic carbocycles. The molecule has 0 spiro atoms. The van der Waals surface area contributed by atoms with Gasteiger partial charge in [-0.05, 0) is 12.0 Å². The van der Waals surface area contributed by atoms with Crippen LogP contribution in [0.25, 0.3) is 0 Å². The van der Waals surface area contributed by atoms with Gasteiger partial charge >= 0.3 is 5.97 Å². The van der Waals surface area contributed by atoms with Crippen molar-refractivity contribution < 1.29 is 19.6 Å². The second-order valence-corrected chi connectivity index (χ2v) is 4.70. The Bertz CT molecular complexity index is 498. The van der Waals surface area contributed by atoms with Crippen LogP contribution in [0.1, 0.15) is 35.7 Å². The van der Waals surface area contributed by atoms with Gasteiger partial charge in [-0.2, -0.15) is 0 Å². The summed E-state index contributed by atoms with van der Waals surface area (Å²) in [6, 6.07) is 4.36. The van der Waals surface area contributed by atoms with Crippen molar-refractivity contribution in [3.63, 3.8) is 0 Å². The van der Waals surface area contributed by atoms with Gasteiger partial charge in [-0.1, -0.05) is 25.5 Å². The number of nitro benzene ring substituents is 1. The molecule has 0 radical (unpaired) electrons. The molecular weight excluding hydrogens is 276 g/mol. The van der Waals surface area contributed by atoms with E-state index in [0.717, 1.165) is 12.8 Å². The molecule has 7 nitrogen and oxygen atoms in total. The Morgan fingerprint density at radius 2 is 2.24 bits per heavy atom. The van der Waals surface area contributed by atoms with Crippen molar-refractivity contribution in [3.8, 4) is 0 Å². The van der Waals surface area contributed by atoms with Crippen molar-refractivity contribution in [2.45, 2.75) is 32.4 Å². The number of hydrogen-bond donors (Lipinski definition) is 2. The third-order valence-electron chi connectivity index (χ3n) is 3.13.